The maximum Gasteiger partial charge on any atom is 0.237 e. The minimum Gasteiger partial charge on any atom is -0.351 e. The van der Waals surface area contributed by atoms with Crippen molar-refractivity contribution in [1.29, 1.82) is 0 Å². The summed E-state index contributed by atoms with van der Waals surface area (Å²) in [5, 5.41) is 11.0. The first-order valence-corrected chi connectivity index (χ1v) is 9.37. The molecule has 2 heterocycles. The summed E-state index contributed by atoms with van der Waals surface area (Å²) >= 11 is 0. The highest BCUT2D eigenvalue weighted by Gasteiger charge is 2.37. The van der Waals surface area contributed by atoms with Crippen LogP contribution in [-0.4, -0.2) is 27.8 Å². The zero-order valence-corrected chi connectivity index (χ0v) is 15.8. The van der Waals surface area contributed by atoms with Gasteiger partial charge in [-0.1, -0.05) is 43.2 Å². The topological polar surface area (TPSA) is 59.0 Å². The second-order valence-corrected chi connectivity index (χ2v) is 7.36. The highest BCUT2D eigenvalue weighted by Crippen LogP contribution is 2.33. The fraction of sp³-hybridized carbons (Fsp3) is 0.500. The average molecular weight is 375 g/mol. The number of amides is 1. The molecule has 2 fully saturated rings. The van der Waals surface area contributed by atoms with Crippen LogP contribution < -0.4 is 10.6 Å². The molecule has 1 amide bonds. The Kier molecular flexibility index (Phi) is 6.33. The summed E-state index contributed by atoms with van der Waals surface area (Å²) in [4.78, 5) is 12.5. The van der Waals surface area contributed by atoms with Crippen molar-refractivity contribution in [3.63, 3.8) is 0 Å². The first-order valence-electron chi connectivity index (χ1n) is 9.37. The van der Waals surface area contributed by atoms with Crippen molar-refractivity contribution in [2.75, 3.05) is 0 Å². The van der Waals surface area contributed by atoms with Gasteiger partial charge in [-0.3, -0.25) is 9.48 Å². The normalized spacial score (nSPS) is 24.5. The molecule has 5 nitrogen and oxygen atoms in total. The van der Waals surface area contributed by atoms with Crippen molar-refractivity contribution in [3.05, 3.63) is 53.9 Å². The summed E-state index contributed by atoms with van der Waals surface area (Å²) in [6, 6.07) is 10.8. The number of aromatic nitrogens is 2. The number of benzene rings is 1. The molecule has 1 aliphatic heterocycles. The molecule has 1 aromatic carbocycles. The van der Waals surface area contributed by atoms with Crippen LogP contribution in [0.3, 0.4) is 0 Å². The molecule has 2 aliphatic rings. The first-order chi connectivity index (χ1) is 12.3. The van der Waals surface area contributed by atoms with Crippen LogP contribution >= 0.6 is 12.4 Å². The van der Waals surface area contributed by atoms with Crippen molar-refractivity contribution in [1.82, 2.24) is 20.4 Å². The molecule has 140 valence electrons. The third kappa shape index (κ3) is 4.46. The Morgan fingerprint density at radius 2 is 2.00 bits per heavy atom. The fourth-order valence-electron chi connectivity index (χ4n) is 4.19. The number of carbonyl (C=O) groups is 1. The largest absolute Gasteiger partial charge is 0.351 e. The number of fused-ring (bicyclic) bond motifs is 1. The van der Waals surface area contributed by atoms with Crippen LogP contribution in [0.15, 0.2) is 42.7 Å². The summed E-state index contributed by atoms with van der Waals surface area (Å²) in [7, 11) is 0. The molecule has 2 aromatic rings. The van der Waals surface area contributed by atoms with Gasteiger partial charge in [-0.15, -0.1) is 12.4 Å². The zero-order valence-electron chi connectivity index (χ0n) is 14.9. The average Bonchev–Trinajstić information content (AvgIpc) is 3.27. The van der Waals surface area contributed by atoms with Gasteiger partial charge in [0, 0.05) is 24.3 Å². The van der Waals surface area contributed by atoms with Gasteiger partial charge in [-0.2, -0.15) is 5.10 Å². The predicted octanol–water partition coefficient (Wildman–Crippen LogP) is 2.89. The maximum atomic E-state index is 12.5. The molecule has 4 rings (SSSR count). The minimum absolute atomic E-state index is 0. The van der Waals surface area contributed by atoms with E-state index in [4.69, 9.17) is 0 Å². The van der Waals surface area contributed by atoms with Gasteiger partial charge in [0.05, 0.1) is 18.8 Å². The summed E-state index contributed by atoms with van der Waals surface area (Å²) < 4.78 is 1.92. The monoisotopic (exact) mass is 374 g/mol. The first kappa shape index (κ1) is 18.9. The van der Waals surface area contributed by atoms with E-state index in [-0.39, 0.29) is 24.4 Å². The van der Waals surface area contributed by atoms with Crippen LogP contribution in [0, 0.1) is 5.92 Å². The van der Waals surface area contributed by atoms with Gasteiger partial charge in [0.15, 0.2) is 0 Å². The molecule has 1 saturated carbocycles. The van der Waals surface area contributed by atoms with Crippen LogP contribution in [0.1, 0.15) is 43.2 Å². The maximum absolute atomic E-state index is 12.5. The fourth-order valence-corrected chi connectivity index (χ4v) is 4.19. The highest BCUT2D eigenvalue weighted by atomic mass is 35.5. The molecule has 26 heavy (non-hydrogen) atoms. The molecule has 3 unspecified atom stereocenters. The Hall–Kier alpha value is -1.85. The Labute approximate surface area is 161 Å². The third-order valence-electron chi connectivity index (χ3n) is 5.52. The summed E-state index contributed by atoms with van der Waals surface area (Å²) in [5.74, 6) is 0.823. The lowest BCUT2D eigenvalue weighted by Gasteiger charge is -2.24. The standard InChI is InChI=1S/C20H26N4O.ClH/c25-20(19-10-17-8-4-5-9-18(17)23-19)21-11-16-12-22-24(14-16)13-15-6-2-1-3-7-15;/h1-3,6-7,12,14,17-19,23H,4-5,8-11,13H2,(H,21,25);1H. The predicted molar refractivity (Wildman–Crippen MR) is 104 cm³/mol. The van der Waals surface area contributed by atoms with E-state index >= 15 is 0 Å². The molecule has 0 spiro atoms. The van der Waals surface area contributed by atoms with E-state index in [2.05, 4.69) is 27.9 Å². The summed E-state index contributed by atoms with van der Waals surface area (Å²) in [6.07, 6.45) is 9.94. The molecule has 1 aliphatic carbocycles. The second kappa shape index (κ2) is 8.69. The lowest BCUT2D eigenvalue weighted by Crippen LogP contribution is -2.42. The van der Waals surface area contributed by atoms with E-state index in [1.165, 1.54) is 31.2 Å². The third-order valence-corrected chi connectivity index (χ3v) is 5.52. The molecule has 6 heteroatoms. The number of rotatable bonds is 5. The van der Waals surface area contributed by atoms with Crippen LogP contribution in [-0.2, 0) is 17.9 Å². The van der Waals surface area contributed by atoms with E-state index in [0.717, 1.165) is 18.5 Å². The lowest BCUT2D eigenvalue weighted by atomic mass is 9.85. The lowest BCUT2D eigenvalue weighted by molar-refractivity contribution is -0.123. The number of nitrogens with zero attached hydrogens (tertiary/aromatic N) is 2. The highest BCUT2D eigenvalue weighted by molar-refractivity contribution is 5.85. The molecule has 1 aromatic heterocycles. The van der Waals surface area contributed by atoms with Crippen LogP contribution in [0.5, 0.6) is 0 Å². The Morgan fingerprint density at radius 3 is 2.81 bits per heavy atom. The number of carbonyl (C=O) groups excluding carboxylic acids is 1. The summed E-state index contributed by atoms with van der Waals surface area (Å²) in [5.41, 5.74) is 2.26. The Balaban J connectivity index is 0.00000196. The molecule has 0 radical (unpaired) electrons. The van der Waals surface area contributed by atoms with Gasteiger partial charge in [0.25, 0.3) is 0 Å². The molecule has 0 bridgehead atoms. The van der Waals surface area contributed by atoms with E-state index in [0.29, 0.717) is 18.5 Å². The zero-order chi connectivity index (χ0) is 17.1. The van der Waals surface area contributed by atoms with E-state index in [1.807, 2.05) is 35.3 Å². The van der Waals surface area contributed by atoms with Gasteiger partial charge in [-0.05, 0) is 30.7 Å². The Morgan fingerprint density at radius 1 is 1.19 bits per heavy atom. The second-order valence-electron chi connectivity index (χ2n) is 7.36. The van der Waals surface area contributed by atoms with Crippen LogP contribution in [0.4, 0.5) is 0 Å². The smallest absolute Gasteiger partial charge is 0.237 e. The Bertz CT molecular complexity index is 704. The van der Waals surface area contributed by atoms with Crippen LogP contribution in [0.25, 0.3) is 0 Å². The number of hydrogen-bond acceptors (Lipinski definition) is 3. The van der Waals surface area contributed by atoms with Gasteiger partial charge < -0.3 is 10.6 Å². The van der Waals surface area contributed by atoms with Crippen molar-refractivity contribution in [3.8, 4) is 0 Å². The van der Waals surface area contributed by atoms with Gasteiger partial charge in [0.1, 0.15) is 0 Å². The number of halogens is 1. The van der Waals surface area contributed by atoms with Gasteiger partial charge in [-0.25, -0.2) is 0 Å². The number of hydrogen-bond donors (Lipinski definition) is 2. The van der Waals surface area contributed by atoms with Crippen LogP contribution in [0.2, 0.25) is 0 Å². The van der Waals surface area contributed by atoms with Crippen molar-refractivity contribution in [2.45, 2.75) is 57.3 Å². The number of nitrogens with one attached hydrogen (secondary N) is 2. The SMILES string of the molecule is Cl.O=C(NCc1cnn(Cc2ccccc2)c1)C1CC2CCCCC2N1. The molecule has 2 N–H and O–H groups in total. The van der Waals surface area contributed by atoms with Gasteiger partial charge >= 0.3 is 0 Å². The van der Waals surface area contributed by atoms with E-state index < -0.39 is 0 Å². The van der Waals surface area contributed by atoms with E-state index in [1.54, 1.807) is 0 Å². The van der Waals surface area contributed by atoms with E-state index in [9.17, 15) is 4.79 Å². The van der Waals surface area contributed by atoms with Crippen molar-refractivity contribution in [2.24, 2.45) is 5.92 Å². The van der Waals surface area contributed by atoms with Crippen molar-refractivity contribution >= 4 is 18.3 Å². The minimum atomic E-state index is -0.0209. The molecule has 3 atom stereocenters. The molecular formula is C20H27ClN4O. The quantitative estimate of drug-likeness (QED) is 0.846. The molecular weight excluding hydrogens is 348 g/mol. The molecule has 1 saturated heterocycles. The van der Waals surface area contributed by atoms with Crippen molar-refractivity contribution < 1.29 is 4.79 Å². The summed E-state index contributed by atoms with van der Waals surface area (Å²) in [6.45, 7) is 1.30. The van der Waals surface area contributed by atoms with Gasteiger partial charge in [0.2, 0.25) is 5.91 Å².